The van der Waals surface area contributed by atoms with Gasteiger partial charge < -0.3 is 9.64 Å². The van der Waals surface area contributed by atoms with Gasteiger partial charge in [0.15, 0.2) is 12.4 Å². The molecule has 7 nitrogen and oxygen atoms in total. The fourth-order valence-electron chi connectivity index (χ4n) is 3.34. The van der Waals surface area contributed by atoms with Crippen LogP contribution < -0.4 is 4.90 Å². The van der Waals surface area contributed by atoms with Crippen molar-refractivity contribution in [2.75, 3.05) is 24.6 Å². The molecule has 0 N–H and O–H groups in total. The van der Waals surface area contributed by atoms with E-state index >= 15 is 0 Å². The minimum Gasteiger partial charge on any atom is -0.454 e. The van der Waals surface area contributed by atoms with Gasteiger partial charge in [0.1, 0.15) is 5.69 Å². The number of ether oxygens (including phenoxy) is 1. The highest BCUT2D eigenvalue weighted by Crippen LogP contribution is 2.31. The van der Waals surface area contributed by atoms with Crippen molar-refractivity contribution < 1.29 is 19.2 Å². The minimum atomic E-state index is -0.765. The van der Waals surface area contributed by atoms with E-state index in [0.29, 0.717) is 11.3 Å². The number of nitro benzene ring substituents is 1. The summed E-state index contributed by atoms with van der Waals surface area (Å²) in [4.78, 5) is 37.6. The Bertz CT molecular complexity index is 923. The zero-order valence-corrected chi connectivity index (χ0v) is 17.4. The summed E-state index contributed by atoms with van der Waals surface area (Å²) in [6.07, 6.45) is 4.19. The van der Waals surface area contributed by atoms with Crippen molar-refractivity contribution in [2.24, 2.45) is 0 Å². The number of esters is 1. The minimum absolute atomic E-state index is 0.0531. The van der Waals surface area contributed by atoms with Crippen LogP contribution in [-0.4, -0.2) is 36.4 Å². The molecule has 2 aromatic rings. The number of rotatable bonds is 6. The highest BCUT2D eigenvalue weighted by atomic mass is 79.9. The molecule has 0 aliphatic carbocycles. The van der Waals surface area contributed by atoms with Crippen LogP contribution in [0.3, 0.4) is 0 Å². The van der Waals surface area contributed by atoms with Gasteiger partial charge in [0.25, 0.3) is 5.69 Å². The SMILES string of the molecule is O=C(COC(=O)c1ccc(N2CCCCCC2)c([N+](=O)[O-])c1)c1cccc(Br)c1. The Morgan fingerprint density at radius 3 is 2.41 bits per heavy atom. The van der Waals surface area contributed by atoms with Crippen molar-refractivity contribution in [2.45, 2.75) is 25.7 Å². The smallest absolute Gasteiger partial charge is 0.338 e. The number of carbonyl (C=O) groups excluding carboxylic acids is 2. The molecular formula is C21H21BrN2O5. The largest absolute Gasteiger partial charge is 0.454 e. The van der Waals surface area contributed by atoms with Gasteiger partial charge in [0.05, 0.1) is 10.5 Å². The van der Waals surface area contributed by atoms with E-state index in [1.165, 1.54) is 12.1 Å². The van der Waals surface area contributed by atoms with Crippen LogP contribution in [0.4, 0.5) is 11.4 Å². The third-order valence-corrected chi connectivity index (χ3v) is 5.33. The molecule has 2 aromatic carbocycles. The number of benzene rings is 2. The van der Waals surface area contributed by atoms with Gasteiger partial charge in [-0.15, -0.1) is 0 Å². The molecule has 0 atom stereocenters. The molecule has 29 heavy (non-hydrogen) atoms. The number of halogens is 1. The first-order valence-electron chi connectivity index (χ1n) is 9.45. The van der Waals surface area contributed by atoms with Gasteiger partial charge in [-0.2, -0.15) is 0 Å². The molecule has 0 saturated carbocycles. The molecule has 8 heteroatoms. The van der Waals surface area contributed by atoms with E-state index in [1.54, 1.807) is 30.3 Å². The predicted octanol–water partition coefficient (Wildman–Crippen LogP) is 4.78. The number of hydrogen-bond donors (Lipinski definition) is 0. The second kappa shape index (κ2) is 9.65. The predicted molar refractivity (Wildman–Crippen MR) is 113 cm³/mol. The lowest BCUT2D eigenvalue weighted by molar-refractivity contribution is -0.384. The number of nitro groups is 1. The summed E-state index contributed by atoms with van der Waals surface area (Å²) in [7, 11) is 0. The molecule has 0 radical (unpaired) electrons. The Labute approximate surface area is 176 Å². The lowest BCUT2D eigenvalue weighted by Gasteiger charge is -2.22. The molecule has 0 aromatic heterocycles. The monoisotopic (exact) mass is 460 g/mol. The summed E-state index contributed by atoms with van der Waals surface area (Å²) < 4.78 is 5.83. The van der Waals surface area contributed by atoms with Gasteiger partial charge in [-0.1, -0.05) is 40.9 Å². The molecule has 1 aliphatic heterocycles. The third-order valence-electron chi connectivity index (χ3n) is 4.84. The Hall–Kier alpha value is -2.74. The second-order valence-corrected chi connectivity index (χ2v) is 7.79. The van der Waals surface area contributed by atoms with Crippen molar-refractivity contribution in [3.05, 3.63) is 68.2 Å². The first kappa shape index (κ1) is 21.0. The van der Waals surface area contributed by atoms with Gasteiger partial charge in [-0.3, -0.25) is 14.9 Å². The van der Waals surface area contributed by atoms with Crippen molar-refractivity contribution >= 4 is 39.1 Å². The maximum absolute atomic E-state index is 12.3. The van der Waals surface area contributed by atoms with Crippen molar-refractivity contribution in [3.63, 3.8) is 0 Å². The molecule has 152 valence electrons. The van der Waals surface area contributed by atoms with Crippen LogP contribution in [0.1, 0.15) is 46.4 Å². The summed E-state index contributed by atoms with van der Waals surface area (Å²) in [6, 6.07) is 11.1. The van der Waals surface area contributed by atoms with E-state index in [-0.39, 0.29) is 17.0 Å². The number of ketones is 1. The Morgan fingerprint density at radius 1 is 1.03 bits per heavy atom. The van der Waals surface area contributed by atoms with Crippen molar-refractivity contribution in [1.29, 1.82) is 0 Å². The van der Waals surface area contributed by atoms with Gasteiger partial charge in [0.2, 0.25) is 0 Å². The molecule has 0 spiro atoms. The average molecular weight is 461 g/mol. The Morgan fingerprint density at radius 2 is 1.76 bits per heavy atom. The highest BCUT2D eigenvalue weighted by Gasteiger charge is 2.23. The van der Waals surface area contributed by atoms with Crippen LogP contribution in [0.2, 0.25) is 0 Å². The quantitative estimate of drug-likeness (QED) is 0.266. The van der Waals surface area contributed by atoms with Crippen LogP contribution in [0, 0.1) is 10.1 Å². The van der Waals surface area contributed by atoms with Gasteiger partial charge in [-0.25, -0.2) is 4.79 Å². The van der Waals surface area contributed by atoms with E-state index in [1.807, 2.05) is 4.90 Å². The topological polar surface area (TPSA) is 89.8 Å². The van der Waals surface area contributed by atoms with Crippen LogP contribution in [0.5, 0.6) is 0 Å². The normalized spacial score (nSPS) is 14.2. The number of carbonyl (C=O) groups is 2. The summed E-state index contributed by atoms with van der Waals surface area (Å²) in [5.74, 6) is -1.12. The second-order valence-electron chi connectivity index (χ2n) is 6.87. The molecule has 1 saturated heterocycles. The van der Waals surface area contributed by atoms with E-state index in [0.717, 1.165) is 43.2 Å². The van der Waals surface area contributed by atoms with E-state index in [4.69, 9.17) is 4.74 Å². The van der Waals surface area contributed by atoms with Gasteiger partial charge in [0, 0.05) is 29.2 Å². The van der Waals surface area contributed by atoms with E-state index in [9.17, 15) is 19.7 Å². The third kappa shape index (κ3) is 5.41. The maximum atomic E-state index is 12.3. The first-order valence-corrected chi connectivity index (χ1v) is 10.2. The molecule has 1 heterocycles. The number of anilines is 1. The highest BCUT2D eigenvalue weighted by molar-refractivity contribution is 9.10. The maximum Gasteiger partial charge on any atom is 0.338 e. The molecule has 1 aliphatic rings. The zero-order valence-electron chi connectivity index (χ0n) is 15.8. The van der Waals surface area contributed by atoms with E-state index < -0.39 is 17.5 Å². The molecule has 0 unspecified atom stereocenters. The molecule has 0 amide bonds. The van der Waals surface area contributed by atoms with Gasteiger partial charge in [-0.05, 0) is 37.1 Å². The van der Waals surface area contributed by atoms with Crippen molar-refractivity contribution in [3.8, 4) is 0 Å². The fourth-order valence-corrected chi connectivity index (χ4v) is 3.73. The molecule has 3 rings (SSSR count). The standard InChI is InChI=1S/C21H21BrN2O5/c22-17-7-5-6-15(12-17)20(25)14-29-21(26)16-8-9-18(19(13-16)24(27)28)23-10-3-1-2-4-11-23/h5-9,12-13H,1-4,10-11,14H2. The van der Waals surface area contributed by atoms with E-state index in [2.05, 4.69) is 15.9 Å². The van der Waals surface area contributed by atoms with Gasteiger partial charge >= 0.3 is 5.97 Å². The average Bonchev–Trinajstić information content (AvgIpc) is 3.00. The fraction of sp³-hybridized carbons (Fsp3) is 0.333. The number of Topliss-reactive ketones (excluding diaryl/α,β-unsaturated/α-hetero) is 1. The zero-order chi connectivity index (χ0) is 20.8. The summed E-state index contributed by atoms with van der Waals surface area (Å²) in [6.45, 7) is 1.08. The van der Waals surface area contributed by atoms with Crippen LogP contribution in [0.15, 0.2) is 46.9 Å². The summed E-state index contributed by atoms with van der Waals surface area (Å²) in [5.41, 5.74) is 0.852. The number of nitrogens with zero attached hydrogens (tertiary/aromatic N) is 2. The lowest BCUT2D eigenvalue weighted by atomic mass is 10.1. The molecule has 1 fully saturated rings. The van der Waals surface area contributed by atoms with Crippen LogP contribution >= 0.6 is 15.9 Å². The molecular weight excluding hydrogens is 440 g/mol. The summed E-state index contributed by atoms with van der Waals surface area (Å²) in [5, 5.41) is 11.6. The number of hydrogen-bond acceptors (Lipinski definition) is 6. The molecule has 0 bridgehead atoms. The van der Waals surface area contributed by atoms with Crippen LogP contribution in [0.25, 0.3) is 0 Å². The lowest BCUT2D eigenvalue weighted by Crippen LogP contribution is -2.25. The summed E-state index contributed by atoms with van der Waals surface area (Å²) >= 11 is 3.29. The Balaban J connectivity index is 1.72. The van der Waals surface area contributed by atoms with Crippen LogP contribution in [-0.2, 0) is 4.74 Å². The van der Waals surface area contributed by atoms with Crippen molar-refractivity contribution in [1.82, 2.24) is 0 Å². The Kier molecular flexibility index (Phi) is 6.98. The first-order chi connectivity index (χ1) is 14.0.